The Balaban J connectivity index is 1.54. The van der Waals surface area contributed by atoms with Crippen LogP contribution in [0.2, 0.25) is 0 Å². The zero-order valence-electron chi connectivity index (χ0n) is 23.4. The van der Waals surface area contributed by atoms with E-state index in [1.807, 2.05) is 24.3 Å². The molecular weight excluding hydrogens is 607 g/mol. The van der Waals surface area contributed by atoms with Gasteiger partial charge in [-0.1, -0.05) is 44.2 Å². The average Bonchev–Trinajstić information content (AvgIpc) is 3.53. The van der Waals surface area contributed by atoms with E-state index in [1.54, 1.807) is 44.2 Å². The van der Waals surface area contributed by atoms with Gasteiger partial charge < -0.3 is 22.4 Å². The van der Waals surface area contributed by atoms with E-state index in [0.717, 1.165) is 5.56 Å². The highest BCUT2D eigenvalue weighted by Gasteiger charge is 2.45. The summed E-state index contributed by atoms with van der Waals surface area (Å²) < 4.78 is 85.9. The Hall–Kier alpha value is -3.68. The summed E-state index contributed by atoms with van der Waals surface area (Å²) in [4.78, 5) is 21.1. The van der Waals surface area contributed by atoms with Gasteiger partial charge in [0.25, 0.3) is 10.1 Å². The molecule has 0 aliphatic rings. The Bertz CT molecular complexity index is 1700. The summed E-state index contributed by atoms with van der Waals surface area (Å²) in [5.74, 6) is -0.880. The number of ether oxygens (including phenoxy) is 1. The first kappa shape index (κ1) is 32.2. The van der Waals surface area contributed by atoms with Crippen molar-refractivity contribution in [3.63, 3.8) is 0 Å². The molecule has 0 bridgehead atoms. The van der Waals surface area contributed by atoms with Gasteiger partial charge in [0.05, 0.1) is 0 Å². The summed E-state index contributed by atoms with van der Waals surface area (Å²) in [5, 5.41) is 0. The molecule has 1 unspecified atom stereocenters. The van der Waals surface area contributed by atoms with Crippen LogP contribution in [0.1, 0.15) is 55.3 Å². The van der Waals surface area contributed by atoms with Crippen molar-refractivity contribution in [2.75, 3.05) is 0 Å². The maximum absolute atomic E-state index is 14.1. The molecule has 0 aliphatic heterocycles. The van der Waals surface area contributed by atoms with Gasteiger partial charge >= 0.3 is 19.2 Å². The normalized spacial score (nSPS) is 12.8. The lowest BCUT2D eigenvalue weighted by Crippen LogP contribution is -2.24. The average molecular weight is 639 g/mol. The quantitative estimate of drug-likeness (QED) is 0.114. The maximum Gasteiger partial charge on any atom is 0.519 e. The second-order valence-electron chi connectivity index (χ2n) is 9.32. The minimum absolute atomic E-state index is 0.103. The molecule has 4 aromatic rings. The van der Waals surface area contributed by atoms with Crippen molar-refractivity contribution in [1.82, 2.24) is 0 Å². The number of para-hydroxylation sites is 1. The van der Waals surface area contributed by atoms with Gasteiger partial charge in [-0.3, -0.25) is 18.2 Å². The Labute approximate surface area is 246 Å². The molecule has 0 aliphatic carbocycles. The van der Waals surface area contributed by atoms with E-state index < -0.39 is 47.6 Å². The van der Waals surface area contributed by atoms with Crippen molar-refractivity contribution in [3.05, 3.63) is 104 Å². The molecule has 0 radical (unpaired) electrons. The molecule has 0 amide bonds. The largest absolute Gasteiger partial charge is 0.519 e. The molecular formula is C28H31O13PS. The highest BCUT2D eigenvalue weighted by molar-refractivity contribution is 7.94. The van der Waals surface area contributed by atoms with Crippen LogP contribution in [0.4, 0.5) is 0 Å². The minimum Gasteiger partial charge on any atom is -0.457 e. The molecule has 1 atom stereocenters. The fourth-order valence-corrected chi connectivity index (χ4v) is 7.91. The molecule has 0 saturated heterocycles. The van der Waals surface area contributed by atoms with Crippen LogP contribution in [0.3, 0.4) is 0 Å². The van der Waals surface area contributed by atoms with Gasteiger partial charge in [0, 0.05) is 12.8 Å². The van der Waals surface area contributed by atoms with Crippen LogP contribution in [-0.2, 0) is 56.2 Å². The molecule has 1 N–H and O–H groups in total. The van der Waals surface area contributed by atoms with Crippen molar-refractivity contribution in [2.45, 2.75) is 64.2 Å². The highest BCUT2D eigenvalue weighted by atomic mass is 32.2. The van der Waals surface area contributed by atoms with Gasteiger partial charge in [-0.05, 0) is 49.1 Å². The molecule has 13 nitrogen and oxygen atoms in total. The van der Waals surface area contributed by atoms with Crippen LogP contribution in [0, 0.1) is 0 Å². The Morgan fingerprint density at radius 3 is 1.86 bits per heavy atom. The van der Waals surface area contributed by atoms with Crippen molar-refractivity contribution in [3.8, 4) is 11.5 Å². The Morgan fingerprint density at radius 1 is 0.791 bits per heavy atom. The number of benzene rings is 2. The topological polar surface area (TPSA) is 186 Å². The second-order valence-corrected chi connectivity index (χ2v) is 13.5. The van der Waals surface area contributed by atoms with E-state index in [-0.39, 0.29) is 48.7 Å². The molecule has 0 fully saturated rings. The molecule has 43 heavy (non-hydrogen) atoms. The van der Waals surface area contributed by atoms with Crippen LogP contribution in [0.15, 0.2) is 81.9 Å². The highest BCUT2D eigenvalue weighted by Crippen LogP contribution is 2.58. The van der Waals surface area contributed by atoms with Gasteiger partial charge in [-0.2, -0.15) is 8.42 Å². The lowest BCUT2D eigenvalue weighted by atomic mass is 10.1. The third kappa shape index (κ3) is 8.68. The van der Waals surface area contributed by atoms with Crippen LogP contribution in [0.5, 0.6) is 11.5 Å². The standard InChI is InChI=1S/C28H31O13PS/c1-3-22-24(40-27(29)38-22)17-35-42(31,36-18-25-23(4-2)39-28(30)41-25)26(43(32,33)34)15-9-11-19-10-8-14-21(16-19)37-20-12-6-5-7-13-20/h5-8,10,12-14,16,26H,3-4,9,11,15,17-18H2,1-2H3,(H,32,33,34). The fourth-order valence-electron chi connectivity index (χ4n) is 4.27. The molecule has 2 heterocycles. The zero-order valence-corrected chi connectivity index (χ0v) is 25.1. The maximum atomic E-state index is 14.1. The molecule has 232 valence electrons. The third-order valence-electron chi connectivity index (χ3n) is 6.33. The van der Waals surface area contributed by atoms with Gasteiger partial charge in [0.1, 0.15) is 24.7 Å². The summed E-state index contributed by atoms with van der Waals surface area (Å²) in [6.45, 7) is 2.02. The van der Waals surface area contributed by atoms with Crippen LogP contribution < -0.4 is 16.4 Å². The molecule has 4 rings (SSSR count). The van der Waals surface area contributed by atoms with Gasteiger partial charge in [-0.15, -0.1) is 0 Å². The number of hydrogen-bond acceptors (Lipinski definition) is 12. The summed E-state index contributed by atoms with van der Waals surface area (Å²) >= 11 is 0. The van der Waals surface area contributed by atoms with Crippen molar-refractivity contribution in [2.24, 2.45) is 0 Å². The van der Waals surface area contributed by atoms with E-state index in [2.05, 4.69) is 0 Å². The predicted octanol–water partition coefficient (Wildman–Crippen LogP) is 5.86. The van der Waals surface area contributed by atoms with Gasteiger partial charge in [0.2, 0.25) is 0 Å². The molecule has 2 aromatic carbocycles. The summed E-state index contributed by atoms with van der Waals surface area (Å²) in [6, 6.07) is 16.3. The SMILES string of the molecule is CCc1oc(=O)oc1COP(=O)(OCc1oc(=O)oc1CC)C(CCCc1cccc(Oc2ccccc2)c1)S(=O)(=O)O. The summed E-state index contributed by atoms with van der Waals surface area (Å²) in [7, 11) is -9.80. The first-order valence-corrected chi connectivity index (χ1v) is 16.5. The van der Waals surface area contributed by atoms with Crippen LogP contribution in [0.25, 0.3) is 0 Å². The van der Waals surface area contributed by atoms with Crippen molar-refractivity contribution in [1.29, 1.82) is 0 Å². The minimum atomic E-state index is -5.02. The zero-order chi connectivity index (χ0) is 31.0. The number of hydrogen-bond donors (Lipinski definition) is 1. The first-order valence-electron chi connectivity index (χ1n) is 13.4. The Morgan fingerprint density at radius 2 is 1.33 bits per heavy atom. The lowest BCUT2D eigenvalue weighted by molar-refractivity contribution is 0.164. The lowest BCUT2D eigenvalue weighted by Gasteiger charge is -2.24. The van der Waals surface area contributed by atoms with Crippen molar-refractivity contribution < 1.29 is 49.0 Å². The first-order chi connectivity index (χ1) is 20.5. The van der Waals surface area contributed by atoms with E-state index in [1.165, 1.54) is 0 Å². The molecule has 2 aromatic heterocycles. The fraction of sp³-hybridized carbons (Fsp3) is 0.357. The third-order valence-corrected chi connectivity index (χ3v) is 10.8. The molecule has 0 spiro atoms. The van der Waals surface area contributed by atoms with Crippen LogP contribution >= 0.6 is 7.60 Å². The second kappa shape index (κ2) is 14.2. The van der Waals surface area contributed by atoms with E-state index in [9.17, 15) is 27.1 Å². The molecule has 15 heteroatoms. The summed E-state index contributed by atoms with van der Waals surface area (Å²) in [5.41, 5.74) is 0.791. The Kier molecular flexibility index (Phi) is 10.6. The number of rotatable bonds is 16. The van der Waals surface area contributed by atoms with E-state index >= 15 is 0 Å². The monoisotopic (exact) mass is 638 g/mol. The van der Waals surface area contributed by atoms with Gasteiger partial charge in [0.15, 0.2) is 28.0 Å². The van der Waals surface area contributed by atoms with E-state index in [0.29, 0.717) is 17.9 Å². The predicted molar refractivity (Wildman–Crippen MR) is 152 cm³/mol. The van der Waals surface area contributed by atoms with Crippen molar-refractivity contribution >= 4 is 17.7 Å². The number of aryl methyl sites for hydroxylation is 3. The van der Waals surface area contributed by atoms with E-state index in [4.69, 9.17) is 31.5 Å². The molecule has 0 saturated carbocycles. The smallest absolute Gasteiger partial charge is 0.457 e. The van der Waals surface area contributed by atoms with Gasteiger partial charge in [-0.25, -0.2) is 9.59 Å². The summed E-state index contributed by atoms with van der Waals surface area (Å²) in [6.07, 6.45) is 0.573. The van der Waals surface area contributed by atoms with Crippen LogP contribution in [-0.4, -0.2) is 18.0 Å².